The van der Waals surface area contributed by atoms with Crippen molar-refractivity contribution in [1.29, 1.82) is 0 Å². The third-order valence-electron chi connectivity index (χ3n) is 1.13. The monoisotopic (exact) mass is 191 g/mol. The third kappa shape index (κ3) is 3.39. The normalized spacial score (nSPS) is 11.8. The van der Waals surface area contributed by atoms with Gasteiger partial charge in [0.2, 0.25) is 6.33 Å². The predicted molar refractivity (Wildman–Crippen MR) is 37.7 cm³/mol. The van der Waals surface area contributed by atoms with Crippen molar-refractivity contribution in [3.63, 3.8) is 0 Å². The van der Waals surface area contributed by atoms with Gasteiger partial charge in [-0.25, -0.2) is 4.68 Å². The second-order valence-electron chi connectivity index (χ2n) is 2.14. The molecule has 0 saturated heterocycles. The number of nitrogens with zero attached hydrogens (tertiary/aromatic N) is 4. The van der Waals surface area contributed by atoms with Crippen LogP contribution in [0.5, 0.6) is 0 Å². The molecule has 0 saturated carbocycles. The van der Waals surface area contributed by atoms with Crippen LogP contribution in [0.15, 0.2) is 0 Å². The van der Waals surface area contributed by atoms with Gasteiger partial charge in [-0.2, -0.15) is 8.42 Å². The van der Waals surface area contributed by atoms with Gasteiger partial charge in [-0.3, -0.25) is 4.55 Å². The molecule has 0 aliphatic carbocycles. The highest BCUT2D eigenvalue weighted by atomic mass is 32.2. The van der Waals surface area contributed by atoms with E-state index < -0.39 is 10.1 Å². The molecule has 0 unspecified atom stereocenters. The van der Waals surface area contributed by atoms with Crippen molar-refractivity contribution in [2.45, 2.75) is 13.0 Å². The summed E-state index contributed by atoms with van der Waals surface area (Å²) in [6.07, 6.45) is 2.66. The van der Waals surface area contributed by atoms with Gasteiger partial charge in [0.05, 0.1) is 5.75 Å². The molecular formula is C4H7N4O3S. The Kier molecular flexibility index (Phi) is 2.71. The minimum absolute atomic E-state index is 0.264. The molecule has 12 heavy (non-hydrogen) atoms. The molecule has 7 nitrogen and oxygen atoms in total. The van der Waals surface area contributed by atoms with Crippen LogP contribution in [0.3, 0.4) is 0 Å². The topological polar surface area (TPSA) is 98.0 Å². The first-order valence-corrected chi connectivity index (χ1v) is 4.78. The molecule has 0 bridgehead atoms. The van der Waals surface area contributed by atoms with Crippen LogP contribution in [0.4, 0.5) is 0 Å². The minimum Gasteiger partial charge on any atom is -0.286 e. The van der Waals surface area contributed by atoms with Gasteiger partial charge in [-0.15, -0.1) is 5.10 Å². The molecule has 1 radical (unpaired) electrons. The van der Waals surface area contributed by atoms with Gasteiger partial charge in [-0.1, -0.05) is 0 Å². The van der Waals surface area contributed by atoms with Crippen LogP contribution >= 0.6 is 0 Å². The summed E-state index contributed by atoms with van der Waals surface area (Å²) in [6, 6.07) is 0. The van der Waals surface area contributed by atoms with Crippen LogP contribution in [0.2, 0.25) is 0 Å². The number of rotatable bonds is 4. The Morgan fingerprint density at radius 3 is 2.75 bits per heavy atom. The SMILES string of the molecule is O=S(=O)(O)CCCn1[c]nnn1. The van der Waals surface area contributed by atoms with Crippen LogP contribution in [0.1, 0.15) is 6.42 Å². The smallest absolute Gasteiger partial charge is 0.264 e. The Bertz CT molecular complexity index is 318. The maximum atomic E-state index is 10.2. The Balaban J connectivity index is 2.29. The molecule has 0 aromatic carbocycles. The van der Waals surface area contributed by atoms with Crippen molar-refractivity contribution in [3.05, 3.63) is 6.33 Å². The average Bonchev–Trinajstić information content (AvgIpc) is 2.36. The van der Waals surface area contributed by atoms with E-state index in [1.54, 1.807) is 0 Å². The molecule has 1 aromatic heterocycles. The molecule has 0 aliphatic rings. The molecule has 8 heteroatoms. The van der Waals surface area contributed by atoms with Crippen molar-refractivity contribution >= 4 is 10.1 Å². The zero-order valence-corrected chi connectivity index (χ0v) is 6.90. The van der Waals surface area contributed by atoms with Crippen LogP contribution < -0.4 is 0 Å². The van der Waals surface area contributed by atoms with E-state index in [9.17, 15) is 8.42 Å². The zero-order chi connectivity index (χ0) is 9.03. The number of aryl methyl sites for hydroxylation is 1. The van der Waals surface area contributed by atoms with E-state index in [-0.39, 0.29) is 12.2 Å². The largest absolute Gasteiger partial charge is 0.286 e. The Morgan fingerprint density at radius 1 is 1.50 bits per heavy atom. The summed E-state index contributed by atoms with van der Waals surface area (Å²) in [5, 5.41) is 9.99. The first-order valence-electron chi connectivity index (χ1n) is 3.17. The predicted octanol–water partition coefficient (Wildman–Crippen LogP) is -1.25. The first-order chi connectivity index (χ1) is 5.58. The van der Waals surface area contributed by atoms with Gasteiger partial charge in [0, 0.05) is 6.54 Å². The van der Waals surface area contributed by atoms with Crippen molar-refractivity contribution in [2.75, 3.05) is 5.75 Å². The standard InChI is InChI=1S/C4H7N4O3S/c9-12(10,11)3-1-2-8-4-5-6-7-8/h1-3H2,(H,9,10,11). The molecule has 0 atom stereocenters. The molecule has 1 aromatic rings. The van der Waals surface area contributed by atoms with Gasteiger partial charge < -0.3 is 0 Å². The fourth-order valence-electron chi connectivity index (χ4n) is 0.651. The molecule has 0 amide bonds. The summed E-state index contributed by atoms with van der Waals surface area (Å²) in [6.45, 7) is 0.326. The second-order valence-corrected chi connectivity index (χ2v) is 3.71. The molecule has 0 aliphatic heterocycles. The lowest BCUT2D eigenvalue weighted by Gasteiger charge is -1.95. The van der Waals surface area contributed by atoms with Gasteiger partial charge >= 0.3 is 0 Å². The Morgan fingerprint density at radius 2 is 2.25 bits per heavy atom. The van der Waals surface area contributed by atoms with E-state index >= 15 is 0 Å². The van der Waals surface area contributed by atoms with Crippen LogP contribution in [0, 0.1) is 6.33 Å². The molecule has 1 N–H and O–H groups in total. The number of aromatic nitrogens is 4. The summed E-state index contributed by atoms with van der Waals surface area (Å²) in [4.78, 5) is 0. The highest BCUT2D eigenvalue weighted by Crippen LogP contribution is 1.90. The maximum absolute atomic E-state index is 10.2. The van der Waals surface area contributed by atoms with Crippen molar-refractivity contribution < 1.29 is 13.0 Å². The van der Waals surface area contributed by atoms with Crippen LogP contribution in [-0.2, 0) is 16.7 Å². The fraction of sp³-hybridized carbons (Fsp3) is 0.750. The summed E-state index contributed by atoms with van der Waals surface area (Å²) < 4.78 is 30.1. The van der Waals surface area contributed by atoms with E-state index in [0.717, 1.165) is 0 Å². The van der Waals surface area contributed by atoms with Crippen molar-refractivity contribution in [1.82, 2.24) is 20.2 Å². The molecule has 0 spiro atoms. The van der Waals surface area contributed by atoms with E-state index in [1.165, 1.54) is 4.68 Å². The van der Waals surface area contributed by atoms with Gasteiger partial charge in [0.15, 0.2) is 0 Å². The van der Waals surface area contributed by atoms with Crippen LogP contribution in [0.25, 0.3) is 0 Å². The van der Waals surface area contributed by atoms with Crippen molar-refractivity contribution in [3.8, 4) is 0 Å². The molecule has 1 heterocycles. The Labute approximate surface area is 69.1 Å². The summed E-state index contributed by atoms with van der Waals surface area (Å²) in [5.74, 6) is -0.291. The maximum Gasteiger partial charge on any atom is 0.264 e. The summed E-state index contributed by atoms with van der Waals surface area (Å²) >= 11 is 0. The lowest BCUT2D eigenvalue weighted by atomic mass is 10.5. The van der Waals surface area contributed by atoms with Crippen LogP contribution in [-0.4, -0.2) is 38.9 Å². The first kappa shape index (κ1) is 9.07. The fourth-order valence-corrected chi connectivity index (χ4v) is 1.15. The van der Waals surface area contributed by atoms with Gasteiger partial charge in [-0.05, 0) is 16.8 Å². The summed E-state index contributed by atoms with van der Waals surface area (Å²) in [7, 11) is -3.87. The number of tetrazole rings is 1. The lowest BCUT2D eigenvalue weighted by Crippen LogP contribution is -2.08. The van der Waals surface area contributed by atoms with Gasteiger partial charge in [0.1, 0.15) is 0 Å². The quantitative estimate of drug-likeness (QED) is 0.597. The van der Waals surface area contributed by atoms with Gasteiger partial charge in [0.25, 0.3) is 10.1 Å². The van der Waals surface area contributed by atoms with E-state index in [1.807, 2.05) is 0 Å². The third-order valence-corrected chi connectivity index (χ3v) is 1.93. The van der Waals surface area contributed by atoms with Crippen molar-refractivity contribution in [2.24, 2.45) is 0 Å². The van der Waals surface area contributed by atoms with E-state index in [4.69, 9.17) is 4.55 Å². The zero-order valence-electron chi connectivity index (χ0n) is 6.08. The molecule has 1 rings (SSSR count). The number of hydrogen-bond acceptors (Lipinski definition) is 5. The molecule has 67 valence electrons. The van der Waals surface area contributed by atoms with E-state index in [2.05, 4.69) is 21.9 Å². The average molecular weight is 191 g/mol. The Hall–Kier alpha value is -1.02. The van der Waals surface area contributed by atoms with E-state index in [0.29, 0.717) is 6.54 Å². The number of hydrogen-bond donors (Lipinski definition) is 1. The summed E-state index contributed by atoms with van der Waals surface area (Å²) in [5.41, 5.74) is 0. The second kappa shape index (κ2) is 3.59. The lowest BCUT2D eigenvalue weighted by molar-refractivity contribution is 0.475. The minimum atomic E-state index is -3.87. The molecule has 0 fully saturated rings. The highest BCUT2D eigenvalue weighted by Gasteiger charge is 2.03. The highest BCUT2D eigenvalue weighted by molar-refractivity contribution is 7.85. The molecular weight excluding hydrogens is 184 g/mol.